The van der Waals surface area contributed by atoms with Crippen molar-refractivity contribution in [2.24, 2.45) is 0 Å². The lowest BCUT2D eigenvalue weighted by molar-refractivity contribution is -0.130. The summed E-state index contributed by atoms with van der Waals surface area (Å²) in [5.41, 5.74) is 4.22. The number of amides is 1. The van der Waals surface area contributed by atoms with Crippen LogP contribution in [0.3, 0.4) is 0 Å². The smallest absolute Gasteiger partial charge is 0.271 e. The van der Waals surface area contributed by atoms with Gasteiger partial charge in [-0.05, 0) is 37.0 Å². The van der Waals surface area contributed by atoms with Crippen LogP contribution >= 0.6 is 0 Å². The van der Waals surface area contributed by atoms with Crippen LogP contribution in [0.5, 0.6) is 0 Å². The van der Waals surface area contributed by atoms with Crippen molar-refractivity contribution in [1.29, 1.82) is 0 Å². The first-order valence-electron chi connectivity index (χ1n) is 9.03. The Hall–Kier alpha value is -2.68. The molecule has 2 aromatic carbocycles. The van der Waals surface area contributed by atoms with Gasteiger partial charge in [0.05, 0.1) is 5.69 Å². The zero-order valence-corrected chi connectivity index (χ0v) is 15.8. The predicted molar refractivity (Wildman–Crippen MR) is 105 cm³/mol. The summed E-state index contributed by atoms with van der Waals surface area (Å²) in [6, 6.07) is 12.6. The van der Waals surface area contributed by atoms with Crippen LogP contribution < -0.4 is 9.79 Å². The number of fused-ring (bicyclic) bond motifs is 3. The lowest BCUT2D eigenvalue weighted by Gasteiger charge is -2.28. The van der Waals surface area contributed by atoms with E-state index in [1.165, 1.54) is 5.56 Å². The minimum atomic E-state index is -2.52. The molecule has 1 heterocycles. The quantitative estimate of drug-likeness (QED) is 0.346. The van der Waals surface area contributed by atoms with E-state index in [1.807, 2.05) is 6.07 Å². The number of hydrogen-bond donors (Lipinski definition) is 3. The molecule has 0 saturated heterocycles. The van der Waals surface area contributed by atoms with Crippen LogP contribution in [0.4, 0.5) is 5.69 Å². The maximum absolute atomic E-state index is 12.4. The summed E-state index contributed by atoms with van der Waals surface area (Å²) in [7, 11) is 0. The molecule has 7 nitrogen and oxygen atoms in total. The Morgan fingerprint density at radius 3 is 2.61 bits per heavy atom. The van der Waals surface area contributed by atoms with E-state index in [0.29, 0.717) is 16.8 Å². The average molecular weight is 400 g/mol. The van der Waals surface area contributed by atoms with Crippen molar-refractivity contribution < 1.29 is 23.2 Å². The molecule has 3 N–H and O–H groups in total. The maximum Gasteiger partial charge on any atom is 0.271 e. The van der Waals surface area contributed by atoms with Gasteiger partial charge in [-0.25, -0.2) is 9.69 Å². The van der Waals surface area contributed by atoms with Crippen LogP contribution in [0.25, 0.3) is 11.0 Å². The summed E-state index contributed by atoms with van der Waals surface area (Å²) in [5.74, 6) is 0.148. The van der Waals surface area contributed by atoms with Crippen molar-refractivity contribution in [3.63, 3.8) is 0 Å². The third kappa shape index (κ3) is 3.30. The molecule has 0 spiro atoms. The molecule has 1 aliphatic rings. The van der Waals surface area contributed by atoms with Crippen LogP contribution in [0.15, 0.2) is 52.9 Å². The Balaban J connectivity index is 1.82. The summed E-state index contributed by atoms with van der Waals surface area (Å²) in [4.78, 5) is 12.4. The van der Waals surface area contributed by atoms with Crippen molar-refractivity contribution in [1.82, 2.24) is 5.48 Å². The molecule has 0 fully saturated rings. The van der Waals surface area contributed by atoms with Gasteiger partial charge in [0.1, 0.15) is 11.3 Å². The highest BCUT2D eigenvalue weighted by Gasteiger charge is 2.32. The molecule has 2 atom stereocenters. The molecular weight excluding hydrogens is 380 g/mol. The second-order valence-electron chi connectivity index (χ2n) is 6.74. The fourth-order valence-electron chi connectivity index (χ4n) is 3.81. The number of carbonyl (C=O) groups excluding carboxylic acids is 1. The molecule has 0 saturated carbocycles. The third-order valence-corrected chi connectivity index (χ3v) is 5.83. The van der Waals surface area contributed by atoms with Gasteiger partial charge in [-0.3, -0.25) is 18.9 Å². The number of aryl methyl sites for hydroxylation is 2. The van der Waals surface area contributed by atoms with Crippen LogP contribution in [-0.2, 0) is 28.9 Å². The van der Waals surface area contributed by atoms with Crippen LogP contribution in [0, 0.1) is 0 Å². The Morgan fingerprint density at radius 2 is 1.89 bits per heavy atom. The molecule has 1 amide bonds. The van der Waals surface area contributed by atoms with Crippen molar-refractivity contribution in [3.8, 4) is 0 Å². The van der Waals surface area contributed by atoms with Gasteiger partial charge in [-0.15, -0.1) is 0 Å². The fraction of sp³-hybridized carbons (Fsp3) is 0.250. The molecule has 0 bridgehead atoms. The van der Waals surface area contributed by atoms with E-state index in [4.69, 9.17) is 4.42 Å². The van der Waals surface area contributed by atoms with Crippen molar-refractivity contribution in [3.05, 3.63) is 65.4 Å². The SMILES string of the molecule is O=C(NO)C(c1ccccc1)N(c1ccc2c3c(oc2c1)CCCC3)S(=O)O. The number of hydroxylamine groups is 1. The maximum atomic E-state index is 12.4. The van der Waals surface area contributed by atoms with Crippen LogP contribution in [0.2, 0.25) is 0 Å². The minimum Gasteiger partial charge on any atom is -0.461 e. The Kier molecular flexibility index (Phi) is 5.17. The van der Waals surface area contributed by atoms with E-state index >= 15 is 0 Å². The lowest BCUT2D eigenvalue weighted by atomic mass is 9.96. The van der Waals surface area contributed by atoms with E-state index < -0.39 is 23.2 Å². The van der Waals surface area contributed by atoms with Crippen molar-refractivity contribution >= 4 is 33.8 Å². The van der Waals surface area contributed by atoms with Gasteiger partial charge in [0.2, 0.25) is 0 Å². The molecular formula is C20H20N2O5S. The monoisotopic (exact) mass is 400 g/mol. The molecule has 0 radical (unpaired) electrons. The van der Waals surface area contributed by atoms with E-state index in [-0.39, 0.29) is 0 Å². The molecule has 0 aliphatic heterocycles. The normalized spacial score (nSPS) is 15.6. The number of furan rings is 1. The summed E-state index contributed by atoms with van der Waals surface area (Å²) in [5, 5.41) is 10.2. The number of benzene rings is 2. The topological polar surface area (TPSA) is 103 Å². The predicted octanol–water partition coefficient (Wildman–Crippen LogP) is 3.50. The molecule has 146 valence electrons. The largest absolute Gasteiger partial charge is 0.461 e. The van der Waals surface area contributed by atoms with E-state index in [2.05, 4.69) is 0 Å². The summed E-state index contributed by atoms with van der Waals surface area (Å²) < 4.78 is 29.2. The zero-order valence-electron chi connectivity index (χ0n) is 15.0. The first kappa shape index (κ1) is 18.7. The average Bonchev–Trinajstić information content (AvgIpc) is 3.09. The van der Waals surface area contributed by atoms with Crippen molar-refractivity contribution in [2.75, 3.05) is 4.31 Å². The Bertz CT molecular complexity index is 1030. The van der Waals surface area contributed by atoms with Crippen molar-refractivity contribution in [2.45, 2.75) is 31.7 Å². The number of nitrogens with one attached hydrogen (secondary N) is 1. The molecule has 1 aliphatic carbocycles. The number of carbonyl (C=O) groups is 1. The number of nitrogens with zero attached hydrogens (tertiary/aromatic N) is 1. The standard InChI is InChI=1S/C20H20N2O5S/c23-20(21-24)19(13-6-2-1-3-7-13)22(28(25)26)14-10-11-16-15-8-4-5-9-17(15)27-18(16)12-14/h1-3,6-7,10-12,19,24H,4-5,8-9H2,(H,21,23)(H,25,26). The molecule has 8 heteroatoms. The van der Waals surface area contributed by atoms with E-state index in [9.17, 15) is 18.8 Å². The minimum absolute atomic E-state index is 0.344. The number of anilines is 1. The van der Waals surface area contributed by atoms with Gasteiger partial charge in [-0.1, -0.05) is 30.3 Å². The highest BCUT2D eigenvalue weighted by Crippen LogP contribution is 2.36. The number of rotatable bonds is 5. The van der Waals surface area contributed by atoms with Gasteiger partial charge in [0, 0.05) is 23.4 Å². The molecule has 28 heavy (non-hydrogen) atoms. The first-order valence-corrected chi connectivity index (χ1v) is 10.1. The highest BCUT2D eigenvalue weighted by molar-refractivity contribution is 7.80. The molecule has 2 unspecified atom stereocenters. The zero-order chi connectivity index (χ0) is 19.7. The molecule has 4 rings (SSSR count). The van der Waals surface area contributed by atoms with Gasteiger partial charge in [0.25, 0.3) is 17.2 Å². The van der Waals surface area contributed by atoms with Crippen LogP contribution in [0.1, 0.15) is 35.8 Å². The van der Waals surface area contributed by atoms with Gasteiger partial charge in [-0.2, -0.15) is 0 Å². The summed E-state index contributed by atoms with van der Waals surface area (Å²) >= 11 is -2.52. The second-order valence-corrected chi connectivity index (χ2v) is 7.59. The third-order valence-electron chi connectivity index (χ3n) is 5.07. The van der Waals surface area contributed by atoms with Gasteiger partial charge >= 0.3 is 0 Å². The van der Waals surface area contributed by atoms with E-state index in [0.717, 1.165) is 41.1 Å². The Morgan fingerprint density at radius 1 is 1.14 bits per heavy atom. The van der Waals surface area contributed by atoms with E-state index in [1.54, 1.807) is 47.9 Å². The van der Waals surface area contributed by atoms with Crippen LogP contribution in [-0.4, -0.2) is 19.9 Å². The second kappa shape index (κ2) is 7.75. The first-order chi connectivity index (χ1) is 13.6. The Labute approximate surface area is 164 Å². The highest BCUT2D eigenvalue weighted by atomic mass is 32.2. The summed E-state index contributed by atoms with van der Waals surface area (Å²) in [6.07, 6.45) is 4.04. The molecule has 3 aromatic rings. The lowest BCUT2D eigenvalue weighted by Crippen LogP contribution is -2.40. The molecule has 1 aromatic heterocycles. The van der Waals surface area contributed by atoms with Gasteiger partial charge in [0.15, 0.2) is 6.04 Å². The fourth-order valence-corrected chi connectivity index (χ4v) is 4.50. The van der Waals surface area contributed by atoms with Gasteiger partial charge < -0.3 is 4.42 Å². The number of hydrogen-bond acceptors (Lipinski definition) is 4. The summed E-state index contributed by atoms with van der Waals surface area (Å²) in [6.45, 7) is 0.